The lowest BCUT2D eigenvalue weighted by Crippen LogP contribution is -2.77. The van der Waals surface area contributed by atoms with Gasteiger partial charge in [0.15, 0.2) is 0 Å². The van der Waals surface area contributed by atoms with Crippen LogP contribution in [0.4, 0.5) is 11.4 Å². The van der Waals surface area contributed by atoms with Gasteiger partial charge >= 0.3 is 5.97 Å². The van der Waals surface area contributed by atoms with Gasteiger partial charge in [0.05, 0.1) is 12.1 Å². The Morgan fingerprint density at radius 1 is 1.08 bits per heavy atom. The van der Waals surface area contributed by atoms with E-state index in [0.29, 0.717) is 12.6 Å². The van der Waals surface area contributed by atoms with Crippen molar-refractivity contribution < 1.29 is 14.7 Å². The predicted molar refractivity (Wildman–Crippen MR) is 139 cm³/mol. The van der Waals surface area contributed by atoms with Crippen LogP contribution in [-0.2, 0) is 9.59 Å². The smallest absolute Gasteiger partial charge is 0.303 e. The molecule has 1 aliphatic carbocycles. The Hall–Kier alpha value is -2.40. The van der Waals surface area contributed by atoms with Crippen LogP contribution in [0, 0.1) is 11.8 Å². The number of nitrogens with zero attached hydrogens (tertiary/aromatic N) is 2. The largest absolute Gasteiger partial charge is 0.481 e. The molecule has 4 unspecified atom stereocenters. The Morgan fingerprint density at radius 3 is 2.50 bits per heavy atom. The van der Waals surface area contributed by atoms with Gasteiger partial charge in [-0.1, -0.05) is 19.3 Å². The Bertz CT molecular complexity index is 899. The van der Waals surface area contributed by atoms with Crippen LogP contribution in [0.25, 0.3) is 0 Å². The average molecular weight is 500 g/mol. The van der Waals surface area contributed by atoms with E-state index in [1.807, 2.05) is 0 Å². The van der Waals surface area contributed by atoms with Crippen LogP contribution in [0.15, 0.2) is 24.3 Å². The van der Waals surface area contributed by atoms with Gasteiger partial charge in [-0.05, 0) is 62.9 Å². The van der Waals surface area contributed by atoms with Crippen molar-refractivity contribution in [1.82, 2.24) is 26.4 Å². The van der Waals surface area contributed by atoms with E-state index in [1.54, 1.807) is 0 Å². The molecule has 1 saturated carbocycles. The van der Waals surface area contributed by atoms with Crippen LogP contribution in [0.1, 0.15) is 51.4 Å². The van der Waals surface area contributed by atoms with Crippen molar-refractivity contribution in [3.05, 3.63) is 24.3 Å². The highest BCUT2D eigenvalue weighted by atomic mass is 16.4. The molecular formula is C26H41N7O3. The van der Waals surface area contributed by atoms with Crippen LogP contribution in [0.5, 0.6) is 0 Å². The summed E-state index contributed by atoms with van der Waals surface area (Å²) in [6, 6.07) is 8.97. The Balaban J connectivity index is 1.24. The van der Waals surface area contributed by atoms with Gasteiger partial charge in [0.1, 0.15) is 6.29 Å². The minimum absolute atomic E-state index is 0.00841. The third-order valence-corrected chi connectivity index (χ3v) is 8.53. The number of aliphatic carboxylic acids is 1. The van der Waals surface area contributed by atoms with Crippen molar-refractivity contribution >= 4 is 23.3 Å². The van der Waals surface area contributed by atoms with Crippen molar-refractivity contribution in [3.63, 3.8) is 0 Å². The number of amides is 1. The molecule has 1 aromatic rings. The quantitative estimate of drug-likeness (QED) is 0.331. The number of rotatable bonds is 7. The zero-order valence-electron chi connectivity index (χ0n) is 21.2. The van der Waals surface area contributed by atoms with Gasteiger partial charge in [-0.3, -0.25) is 30.5 Å². The first-order valence-electron chi connectivity index (χ1n) is 13.6. The molecule has 10 heteroatoms. The summed E-state index contributed by atoms with van der Waals surface area (Å²) in [6.45, 7) is 2.45. The normalized spacial score (nSPS) is 30.1. The molecule has 0 radical (unpaired) electrons. The van der Waals surface area contributed by atoms with E-state index in [9.17, 15) is 9.59 Å². The zero-order valence-corrected chi connectivity index (χ0v) is 21.2. The number of nitrogens with one attached hydrogen (secondary N) is 5. The first-order valence-corrected chi connectivity index (χ1v) is 13.6. The second-order valence-corrected chi connectivity index (χ2v) is 10.9. The summed E-state index contributed by atoms with van der Waals surface area (Å²) in [5.41, 5.74) is 7.97. The van der Waals surface area contributed by atoms with Crippen LogP contribution < -0.4 is 31.7 Å². The number of carbonyl (C=O) groups excluding carboxylic acids is 1. The van der Waals surface area contributed by atoms with E-state index >= 15 is 0 Å². The zero-order chi connectivity index (χ0) is 25.1. The fraction of sp³-hybridized carbons (Fsp3) is 0.692. The van der Waals surface area contributed by atoms with Crippen molar-refractivity contribution in [2.45, 2.75) is 75.9 Å². The van der Waals surface area contributed by atoms with Gasteiger partial charge in [0.2, 0.25) is 5.91 Å². The van der Waals surface area contributed by atoms with Gasteiger partial charge in [-0.2, -0.15) is 0 Å². The van der Waals surface area contributed by atoms with Gasteiger partial charge in [-0.25, -0.2) is 5.43 Å². The Labute approximate surface area is 213 Å². The lowest BCUT2D eigenvalue weighted by Gasteiger charge is -2.49. The number of hydrazine groups is 1. The molecule has 4 atom stereocenters. The van der Waals surface area contributed by atoms with Crippen molar-refractivity contribution in [2.75, 3.05) is 36.9 Å². The highest BCUT2D eigenvalue weighted by Crippen LogP contribution is 2.28. The number of carbonyl (C=O) groups is 2. The number of fused-ring (bicyclic) bond motifs is 1. The molecule has 5 rings (SSSR count). The average Bonchev–Trinajstić information content (AvgIpc) is 2.89. The molecule has 6 N–H and O–H groups in total. The molecule has 0 spiro atoms. The lowest BCUT2D eigenvalue weighted by atomic mass is 9.90. The highest BCUT2D eigenvalue weighted by Gasteiger charge is 2.45. The molecule has 10 nitrogen and oxygen atoms in total. The lowest BCUT2D eigenvalue weighted by molar-refractivity contribution is -0.138. The summed E-state index contributed by atoms with van der Waals surface area (Å²) < 4.78 is 0. The van der Waals surface area contributed by atoms with Crippen LogP contribution >= 0.6 is 0 Å². The number of anilines is 2. The molecule has 3 saturated heterocycles. The predicted octanol–water partition coefficient (Wildman–Crippen LogP) is 1.48. The summed E-state index contributed by atoms with van der Waals surface area (Å²) in [7, 11) is 2.18. The van der Waals surface area contributed by atoms with Gasteiger partial charge < -0.3 is 15.3 Å². The summed E-state index contributed by atoms with van der Waals surface area (Å²) in [4.78, 5) is 28.6. The molecule has 198 valence electrons. The molecule has 3 heterocycles. The summed E-state index contributed by atoms with van der Waals surface area (Å²) >= 11 is 0. The standard InChI is InChI=1S/C26H41N7O3/c1-32(19-5-3-2-4-6-19)26-29-21-16-27-31-25(36)23(21)24(30-26)28-18-7-9-20(10-8-18)33-13-11-17(12-14-33)15-22(34)35/h7-10,17,19,21,23-24,26-30H,2-6,11-16H2,1H3,(H,31,36)(H,34,35). The minimum atomic E-state index is -0.702. The SMILES string of the molecule is CN(C1CCCCC1)C1NC2CNNC(=O)C2C(Nc2ccc(N3CCC(CC(=O)O)CC3)cc2)N1. The summed E-state index contributed by atoms with van der Waals surface area (Å²) in [5, 5.41) is 20.0. The Morgan fingerprint density at radius 2 is 1.81 bits per heavy atom. The topological polar surface area (TPSA) is 121 Å². The molecule has 3 aliphatic heterocycles. The molecule has 4 aliphatic rings. The van der Waals surface area contributed by atoms with E-state index in [1.165, 1.54) is 32.1 Å². The third-order valence-electron chi connectivity index (χ3n) is 8.53. The van der Waals surface area contributed by atoms with Crippen molar-refractivity contribution in [1.29, 1.82) is 0 Å². The van der Waals surface area contributed by atoms with Gasteiger partial charge in [0.25, 0.3) is 0 Å². The van der Waals surface area contributed by atoms with E-state index in [2.05, 4.69) is 67.9 Å². The van der Waals surface area contributed by atoms with Crippen LogP contribution in [-0.4, -0.2) is 73.1 Å². The van der Waals surface area contributed by atoms with E-state index in [0.717, 1.165) is 37.3 Å². The van der Waals surface area contributed by atoms with Crippen LogP contribution in [0.2, 0.25) is 0 Å². The summed E-state index contributed by atoms with van der Waals surface area (Å²) in [6.07, 6.45) is 8.20. The first kappa shape index (κ1) is 25.3. The maximum absolute atomic E-state index is 12.8. The number of hydrogen-bond donors (Lipinski definition) is 6. The van der Waals surface area contributed by atoms with Crippen molar-refractivity contribution in [3.8, 4) is 0 Å². The second kappa shape index (κ2) is 11.3. The molecule has 0 aromatic heterocycles. The van der Waals surface area contributed by atoms with E-state index in [4.69, 9.17) is 5.11 Å². The summed E-state index contributed by atoms with van der Waals surface area (Å²) in [5.74, 6) is -0.680. The first-order chi connectivity index (χ1) is 17.5. The van der Waals surface area contributed by atoms with Crippen LogP contribution in [0.3, 0.4) is 0 Å². The Kier molecular flexibility index (Phi) is 7.95. The fourth-order valence-corrected chi connectivity index (χ4v) is 6.37. The van der Waals surface area contributed by atoms with Gasteiger partial charge in [0, 0.05) is 49.5 Å². The maximum Gasteiger partial charge on any atom is 0.303 e. The fourth-order valence-electron chi connectivity index (χ4n) is 6.37. The number of carboxylic acid groups (broad SMARTS) is 1. The second-order valence-electron chi connectivity index (χ2n) is 10.9. The molecule has 36 heavy (non-hydrogen) atoms. The number of piperidine rings is 1. The molecular weight excluding hydrogens is 458 g/mol. The minimum Gasteiger partial charge on any atom is -0.481 e. The highest BCUT2D eigenvalue weighted by molar-refractivity contribution is 5.81. The number of carboxylic acids is 1. The number of benzene rings is 1. The van der Waals surface area contributed by atoms with E-state index in [-0.39, 0.29) is 42.7 Å². The molecule has 1 aromatic carbocycles. The maximum atomic E-state index is 12.8. The molecule has 0 bridgehead atoms. The third kappa shape index (κ3) is 5.77. The molecule has 1 amide bonds. The monoisotopic (exact) mass is 499 g/mol. The molecule has 4 fully saturated rings. The number of hydrogen-bond acceptors (Lipinski definition) is 8. The van der Waals surface area contributed by atoms with Crippen molar-refractivity contribution in [2.24, 2.45) is 11.8 Å². The van der Waals surface area contributed by atoms with E-state index < -0.39 is 5.97 Å². The van der Waals surface area contributed by atoms with Gasteiger partial charge in [-0.15, -0.1) is 0 Å².